The van der Waals surface area contributed by atoms with Gasteiger partial charge in [-0.05, 0) is 153 Å². The minimum absolute atomic E-state index is 0.0323. The summed E-state index contributed by atoms with van der Waals surface area (Å²) in [5.74, 6) is 0. The highest BCUT2D eigenvalue weighted by molar-refractivity contribution is 7.27. The topological polar surface area (TPSA) is 19.6 Å². The van der Waals surface area contributed by atoms with Crippen LogP contribution in [0.1, 0.15) is 149 Å². The average Bonchev–Trinajstić information content (AvgIpc) is 3.97. The maximum Gasteiger partial charge on any atom is 0.330 e. The van der Waals surface area contributed by atoms with Crippen LogP contribution in [0.2, 0.25) is 0 Å². The van der Waals surface area contributed by atoms with E-state index in [0.29, 0.717) is 0 Å². The number of benzene rings is 7. The molecule has 3 nitrogen and oxygen atoms in total. The van der Waals surface area contributed by atoms with Gasteiger partial charge < -0.3 is 14.1 Å². The summed E-state index contributed by atoms with van der Waals surface area (Å²) in [6, 6.07) is 45.4. The second-order valence-corrected chi connectivity index (χ2v) is 27.3. The maximum absolute atomic E-state index is 7.14. The number of rotatable bonds is 2. The Morgan fingerprint density at radius 2 is 1.21 bits per heavy atom. The van der Waals surface area contributed by atoms with Crippen LogP contribution in [0.25, 0.3) is 64.4 Å². The monoisotopic (exact) mass is 947 g/mol. The van der Waals surface area contributed by atoms with Gasteiger partial charge in [0.2, 0.25) is 0 Å². The van der Waals surface area contributed by atoms with Crippen molar-refractivity contribution in [2.45, 2.75) is 154 Å². The Morgan fingerprint density at radius 1 is 0.535 bits per heavy atom. The summed E-state index contributed by atoms with van der Waals surface area (Å²) in [4.78, 5) is 5.77. The molecule has 71 heavy (non-hydrogen) atoms. The van der Waals surface area contributed by atoms with Crippen molar-refractivity contribution >= 4 is 94.0 Å². The standard InChI is InChI=1S/C66H67BN2OS/c1-61(2,3)39-24-26-50(43(32-39)38-20-14-13-15-21-38)68-51-27-25-41-44-35-47-48(64(9,10)31-30-63(47,7)8)37-54(44)71-60(41)57(51)67-56-45(36-53-55(59(56)68)42-22-16-17-23-52(42)70-53)46-33-40(62(4,5)6)34-49-58(46)69(67)66(12)29-19-18-28-65(49,66)11/h13-17,20-27,32-37H,18-19,28-31H2,1-12H3. The zero-order valence-electron chi connectivity index (χ0n) is 44.0. The Balaban J connectivity index is 1.20. The van der Waals surface area contributed by atoms with Crippen molar-refractivity contribution in [1.82, 2.24) is 0 Å². The van der Waals surface area contributed by atoms with Crippen LogP contribution < -0.4 is 20.6 Å². The maximum atomic E-state index is 7.14. The first-order valence-electron chi connectivity index (χ1n) is 26.7. The summed E-state index contributed by atoms with van der Waals surface area (Å²) in [6.45, 7) is 29.4. The molecule has 0 radical (unpaired) electrons. The number of fused-ring (bicyclic) bond motifs is 16. The van der Waals surface area contributed by atoms with Gasteiger partial charge in [-0.25, -0.2) is 0 Å². The summed E-state index contributed by atoms with van der Waals surface area (Å²) in [5, 5.41) is 5.17. The van der Waals surface area contributed by atoms with Gasteiger partial charge in [-0.2, -0.15) is 0 Å². The number of anilines is 4. The van der Waals surface area contributed by atoms with E-state index >= 15 is 0 Å². The van der Waals surface area contributed by atoms with Crippen molar-refractivity contribution < 1.29 is 4.42 Å². The number of hydrogen-bond acceptors (Lipinski definition) is 4. The van der Waals surface area contributed by atoms with Crippen molar-refractivity contribution in [3.8, 4) is 22.3 Å². The van der Waals surface area contributed by atoms with Crippen molar-refractivity contribution in [3.05, 3.63) is 143 Å². The third-order valence-electron chi connectivity index (χ3n) is 19.2. The molecule has 2 unspecified atom stereocenters. The molecule has 1 fully saturated rings. The zero-order chi connectivity index (χ0) is 49.1. The molecule has 2 aromatic heterocycles. The molecular weight excluding hydrogens is 880 g/mol. The summed E-state index contributed by atoms with van der Waals surface area (Å²) >= 11 is 2.06. The van der Waals surface area contributed by atoms with Crippen LogP contribution in [0, 0.1) is 0 Å². The molecule has 1 saturated carbocycles. The second-order valence-electron chi connectivity index (χ2n) is 26.2. The highest BCUT2D eigenvalue weighted by Crippen LogP contribution is 2.65. The smallest absolute Gasteiger partial charge is 0.330 e. The highest BCUT2D eigenvalue weighted by atomic mass is 32.1. The first-order valence-corrected chi connectivity index (χ1v) is 27.5. The Kier molecular flexibility index (Phi) is 8.69. The van der Waals surface area contributed by atoms with E-state index in [9.17, 15) is 0 Å². The molecule has 0 bridgehead atoms. The summed E-state index contributed by atoms with van der Waals surface area (Å²) < 4.78 is 9.98. The van der Waals surface area contributed by atoms with E-state index in [2.05, 4.69) is 219 Å². The van der Waals surface area contributed by atoms with Gasteiger partial charge in [-0.15, -0.1) is 11.3 Å². The largest absolute Gasteiger partial charge is 0.456 e. The normalized spacial score (nSPS) is 21.7. The van der Waals surface area contributed by atoms with Crippen LogP contribution >= 0.6 is 11.3 Å². The van der Waals surface area contributed by atoms with E-state index in [1.165, 1.54) is 141 Å². The lowest BCUT2D eigenvalue weighted by molar-refractivity contribution is 0.199. The van der Waals surface area contributed by atoms with Gasteiger partial charge in [0.15, 0.2) is 0 Å². The van der Waals surface area contributed by atoms with Crippen LogP contribution in [-0.4, -0.2) is 12.4 Å². The van der Waals surface area contributed by atoms with Crippen molar-refractivity contribution in [1.29, 1.82) is 0 Å². The Bertz CT molecular complexity index is 3800. The molecular formula is C66H67BN2OS. The fourth-order valence-corrected chi connectivity index (χ4v) is 16.0. The molecule has 2 atom stereocenters. The van der Waals surface area contributed by atoms with Gasteiger partial charge in [-0.3, -0.25) is 0 Å². The van der Waals surface area contributed by atoms with E-state index in [1.807, 2.05) is 0 Å². The van der Waals surface area contributed by atoms with E-state index in [4.69, 9.17) is 4.42 Å². The first-order chi connectivity index (χ1) is 33.7. The van der Waals surface area contributed by atoms with E-state index in [0.717, 1.165) is 17.6 Å². The molecule has 0 saturated heterocycles. The lowest BCUT2D eigenvalue weighted by atomic mass is 9.42. The molecule has 356 valence electrons. The molecule has 2 aliphatic carbocycles. The molecule has 5 heteroatoms. The molecule has 5 heterocycles. The fraction of sp³-hybridized carbons (Fsp3) is 0.364. The minimum atomic E-state index is -0.124. The first kappa shape index (κ1) is 44.0. The molecule has 0 spiro atoms. The van der Waals surface area contributed by atoms with Crippen molar-refractivity contribution in [2.24, 2.45) is 0 Å². The molecule has 3 aliphatic heterocycles. The predicted octanol–water partition coefficient (Wildman–Crippen LogP) is 17.5. The number of thiophene rings is 1. The molecule has 9 aromatic rings. The third-order valence-corrected chi connectivity index (χ3v) is 20.4. The van der Waals surface area contributed by atoms with Crippen LogP contribution in [0.5, 0.6) is 0 Å². The molecule has 0 amide bonds. The Hall–Kier alpha value is -5.78. The Labute approximate surface area is 425 Å². The van der Waals surface area contributed by atoms with Crippen molar-refractivity contribution in [2.75, 3.05) is 9.71 Å². The number of hydrogen-bond donors (Lipinski definition) is 0. The van der Waals surface area contributed by atoms with Gasteiger partial charge in [0.25, 0.3) is 0 Å². The lowest BCUT2D eigenvalue weighted by Gasteiger charge is -2.55. The minimum Gasteiger partial charge on any atom is -0.456 e. The SMILES string of the molecule is CC(C)(C)c1ccc(N2c3ccc4c(sc5cc6c(cc54)C(C)(C)CCC6(C)C)c3B3c4c(cc5oc6ccccc6c5c42)-c2cc(C(C)(C)C)cc4c2N3C2(C)CCCCC42C)c(-c2ccccc2)c1. The van der Waals surface area contributed by atoms with E-state index in [-0.39, 0.29) is 39.5 Å². The Morgan fingerprint density at radius 3 is 1.96 bits per heavy atom. The molecule has 0 N–H and O–H groups in total. The predicted molar refractivity (Wildman–Crippen MR) is 307 cm³/mol. The number of para-hydroxylation sites is 1. The van der Waals surface area contributed by atoms with E-state index < -0.39 is 0 Å². The zero-order valence-corrected chi connectivity index (χ0v) is 44.8. The van der Waals surface area contributed by atoms with E-state index in [1.54, 1.807) is 5.56 Å². The van der Waals surface area contributed by atoms with Gasteiger partial charge in [0.1, 0.15) is 11.2 Å². The summed E-state index contributed by atoms with van der Waals surface area (Å²) in [6.07, 6.45) is 7.24. The quantitative estimate of drug-likeness (QED) is 0.161. The van der Waals surface area contributed by atoms with Crippen LogP contribution in [0.4, 0.5) is 22.7 Å². The third kappa shape index (κ3) is 5.74. The molecule has 14 rings (SSSR count). The second kappa shape index (κ2) is 14.0. The number of nitrogens with zero attached hydrogens (tertiary/aromatic N) is 2. The van der Waals surface area contributed by atoms with Gasteiger partial charge in [0, 0.05) is 59.0 Å². The van der Waals surface area contributed by atoms with Crippen LogP contribution in [0.15, 0.2) is 120 Å². The highest BCUT2D eigenvalue weighted by Gasteiger charge is 2.63. The van der Waals surface area contributed by atoms with Gasteiger partial charge in [0.05, 0.1) is 16.8 Å². The molecule has 5 aliphatic rings. The number of furan rings is 1. The van der Waals surface area contributed by atoms with Gasteiger partial charge >= 0.3 is 6.85 Å². The lowest BCUT2D eigenvalue weighted by Crippen LogP contribution is -2.70. The summed E-state index contributed by atoms with van der Waals surface area (Å²) in [7, 11) is 0. The van der Waals surface area contributed by atoms with Crippen molar-refractivity contribution in [3.63, 3.8) is 0 Å². The molecule has 7 aromatic carbocycles. The fourth-order valence-electron chi connectivity index (χ4n) is 14.7. The summed E-state index contributed by atoms with van der Waals surface area (Å²) in [5.41, 5.74) is 22.5. The van der Waals surface area contributed by atoms with Crippen LogP contribution in [-0.2, 0) is 27.1 Å². The average molecular weight is 947 g/mol. The van der Waals surface area contributed by atoms with Gasteiger partial charge in [-0.1, -0.05) is 156 Å². The van der Waals surface area contributed by atoms with Crippen LogP contribution in [0.3, 0.4) is 0 Å².